The number of hydrogen-bond acceptors (Lipinski definition) is 12. The van der Waals surface area contributed by atoms with E-state index in [9.17, 15) is 34.5 Å². The molecule has 9 unspecified atom stereocenters. The van der Waals surface area contributed by atoms with Crippen LogP contribution in [-0.4, -0.2) is 93.2 Å². The largest absolute Gasteiger partial charge is 0.456 e. The van der Waals surface area contributed by atoms with Crippen LogP contribution in [0, 0.1) is 16.7 Å². The molecule has 65 heavy (non-hydrogen) atoms. The maximum Gasteiger partial charge on any atom is 0.338 e. The first-order valence-corrected chi connectivity index (χ1v) is 21.8. The van der Waals surface area contributed by atoms with Crippen molar-refractivity contribution in [3.8, 4) is 0 Å². The maximum absolute atomic E-state index is 15.6. The normalized spacial score (nSPS) is 30.0. The van der Waals surface area contributed by atoms with E-state index in [0.717, 1.165) is 0 Å². The zero-order chi connectivity index (χ0) is 46.3. The molecule has 3 aliphatic carbocycles. The van der Waals surface area contributed by atoms with Gasteiger partial charge in [0.15, 0.2) is 18.0 Å². The van der Waals surface area contributed by atoms with Gasteiger partial charge >= 0.3 is 17.9 Å². The molecule has 1 saturated heterocycles. The molecule has 0 aromatic heterocycles. The van der Waals surface area contributed by atoms with Crippen molar-refractivity contribution in [2.75, 3.05) is 6.61 Å². The minimum absolute atomic E-state index is 0.0985. The van der Waals surface area contributed by atoms with Crippen LogP contribution in [0.1, 0.15) is 84.8 Å². The van der Waals surface area contributed by atoms with Crippen LogP contribution in [0.5, 0.6) is 0 Å². The van der Waals surface area contributed by atoms with E-state index in [1.807, 2.05) is 6.07 Å². The third-order valence-electron chi connectivity index (χ3n) is 14.2. The number of Topliss-reactive ketones (excluding diaryl/α,β-unsaturated/α-hetero) is 1. The number of hydrogen-bond donors (Lipinski definition) is 4. The fraction of sp³-hybridized carbons (Fsp3) is 0.365. The fourth-order valence-electron chi connectivity index (χ4n) is 10.5. The number of carbonyl (C=O) groups excluding carboxylic acids is 5. The third kappa shape index (κ3) is 8.11. The second-order valence-electron chi connectivity index (χ2n) is 18.3. The van der Waals surface area contributed by atoms with E-state index in [4.69, 9.17) is 18.9 Å². The lowest BCUT2D eigenvalue weighted by Gasteiger charge is -2.66. The van der Waals surface area contributed by atoms with Crippen molar-refractivity contribution < 1.29 is 58.2 Å². The number of ketones is 1. The van der Waals surface area contributed by atoms with E-state index in [1.54, 1.807) is 131 Å². The summed E-state index contributed by atoms with van der Waals surface area (Å²) in [6, 6.07) is 32.4. The predicted octanol–water partition coefficient (Wildman–Crippen LogP) is 5.89. The molecule has 1 heterocycles. The summed E-state index contributed by atoms with van der Waals surface area (Å²) in [6.45, 7) is 6.24. The van der Waals surface area contributed by atoms with Crippen LogP contribution < -0.4 is 5.32 Å². The zero-order valence-corrected chi connectivity index (χ0v) is 36.6. The van der Waals surface area contributed by atoms with Crippen LogP contribution >= 0.6 is 0 Å². The molecule has 4 aromatic carbocycles. The van der Waals surface area contributed by atoms with Gasteiger partial charge in [0, 0.05) is 34.8 Å². The van der Waals surface area contributed by atoms with E-state index < -0.39 is 101 Å². The second-order valence-corrected chi connectivity index (χ2v) is 18.3. The maximum atomic E-state index is 15.6. The SMILES string of the molecule is CC1=C2C(OC(=O)/C=C/c3ccccc3)C(=O)[C@]3(C)CCC4OCC4(O)C3C(OC(=O)c3ccccc3)C(O)(CC1OC(=O)C(O)C(NC(=O)c1ccccc1)c1ccccc1)C2(C)C. The topological polar surface area (TPSA) is 195 Å². The molecule has 2 saturated carbocycles. The summed E-state index contributed by atoms with van der Waals surface area (Å²) in [6.07, 6.45) is -4.94. The van der Waals surface area contributed by atoms with Crippen molar-refractivity contribution in [3.63, 3.8) is 0 Å². The van der Waals surface area contributed by atoms with E-state index in [1.165, 1.54) is 24.3 Å². The molecule has 10 atom stereocenters. The van der Waals surface area contributed by atoms with Crippen LogP contribution in [0.25, 0.3) is 6.08 Å². The molecule has 1 amide bonds. The Morgan fingerprint density at radius 1 is 0.800 bits per heavy atom. The highest BCUT2D eigenvalue weighted by Gasteiger charge is 2.75. The van der Waals surface area contributed by atoms with Gasteiger partial charge in [0.2, 0.25) is 0 Å². The van der Waals surface area contributed by atoms with Gasteiger partial charge in [0.25, 0.3) is 5.91 Å². The number of benzene rings is 4. The molecule has 4 aromatic rings. The molecular weight excluding hydrogens is 831 g/mol. The van der Waals surface area contributed by atoms with Crippen LogP contribution in [0.4, 0.5) is 0 Å². The molecule has 4 N–H and O–H groups in total. The smallest absolute Gasteiger partial charge is 0.338 e. The third-order valence-corrected chi connectivity index (χ3v) is 14.2. The number of carbonyl (C=O) groups is 5. The Morgan fingerprint density at radius 2 is 1.38 bits per heavy atom. The summed E-state index contributed by atoms with van der Waals surface area (Å²) in [4.78, 5) is 71.7. The Bertz CT molecular complexity index is 2510. The van der Waals surface area contributed by atoms with Crippen molar-refractivity contribution in [1.82, 2.24) is 5.32 Å². The fourth-order valence-corrected chi connectivity index (χ4v) is 10.5. The Kier molecular flexibility index (Phi) is 12.3. The first-order chi connectivity index (χ1) is 31.0. The van der Waals surface area contributed by atoms with Crippen LogP contribution in [0.2, 0.25) is 0 Å². The van der Waals surface area contributed by atoms with Crippen molar-refractivity contribution in [1.29, 1.82) is 0 Å². The Hall–Kier alpha value is -6.25. The highest BCUT2D eigenvalue weighted by molar-refractivity contribution is 5.97. The number of fused-ring (bicyclic) bond motifs is 5. The molecule has 13 heteroatoms. The van der Waals surface area contributed by atoms with Crippen LogP contribution in [-0.2, 0) is 33.3 Å². The number of aliphatic hydroxyl groups is 3. The molecule has 2 bridgehead atoms. The lowest BCUT2D eigenvalue weighted by molar-refractivity contribution is -0.329. The molecule has 8 rings (SSSR count). The van der Waals surface area contributed by atoms with Crippen molar-refractivity contribution >= 4 is 35.7 Å². The van der Waals surface area contributed by atoms with E-state index in [0.29, 0.717) is 11.1 Å². The van der Waals surface area contributed by atoms with E-state index in [-0.39, 0.29) is 41.7 Å². The van der Waals surface area contributed by atoms with Gasteiger partial charge in [-0.3, -0.25) is 9.59 Å². The van der Waals surface area contributed by atoms with Gasteiger partial charge in [-0.05, 0) is 72.4 Å². The molecular formula is C52H53NO12. The summed E-state index contributed by atoms with van der Waals surface area (Å²) >= 11 is 0. The molecule has 0 radical (unpaired) electrons. The lowest BCUT2D eigenvalue weighted by atomic mass is 9.45. The van der Waals surface area contributed by atoms with Gasteiger partial charge in [-0.25, -0.2) is 14.4 Å². The van der Waals surface area contributed by atoms with Gasteiger partial charge in [-0.15, -0.1) is 0 Å². The minimum Gasteiger partial charge on any atom is -0.456 e. The van der Waals surface area contributed by atoms with Crippen molar-refractivity contribution in [3.05, 3.63) is 161 Å². The number of esters is 3. The van der Waals surface area contributed by atoms with Crippen LogP contribution in [0.3, 0.4) is 0 Å². The summed E-state index contributed by atoms with van der Waals surface area (Å²) in [5.74, 6) is -5.43. The second kappa shape index (κ2) is 17.6. The van der Waals surface area contributed by atoms with Gasteiger partial charge in [0.05, 0.1) is 24.3 Å². The highest BCUT2D eigenvalue weighted by Crippen LogP contribution is 2.63. The summed E-state index contributed by atoms with van der Waals surface area (Å²) in [5.41, 5.74) is -5.40. The Morgan fingerprint density at radius 3 is 1.98 bits per heavy atom. The predicted molar refractivity (Wildman–Crippen MR) is 237 cm³/mol. The molecule has 0 spiro atoms. The number of aliphatic hydroxyl groups excluding tert-OH is 1. The summed E-state index contributed by atoms with van der Waals surface area (Å²) in [7, 11) is 0. The standard InChI is InChI=1S/C52H53NO12/c1-31-36(63-48(59)41(55)40(33-19-11-6-12-20-33)53-46(57)34-21-13-7-14-22-34)29-52(61)45(65-47(58)35-23-15-8-16-24-35)43-50(4,28-27-37-51(43,60)30-62-37)44(56)42(39(31)49(52,2)3)64-38(54)26-25-32-17-9-5-10-18-32/h5-26,36-37,40-43,45,55,60-61H,27-30H2,1-4H3,(H,53,57)/b26-25+/t36?,37?,40?,41?,42?,43?,45?,50-,51?,52?/m1/s1. The molecule has 338 valence electrons. The van der Waals surface area contributed by atoms with Crippen molar-refractivity contribution in [2.24, 2.45) is 16.7 Å². The van der Waals surface area contributed by atoms with Crippen LogP contribution in [0.15, 0.2) is 139 Å². The molecule has 13 nitrogen and oxygen atoms in total. The first-order valence-electron chi connectivity index (χ1n) is 21.8. The number of ether oxygens (including phenoxy) is 4. The monoisotopic (exact) mass is 883 g/mol. The quantitative estimate of drug-likeness (QED) is 0.0605. The van der Waals surface area contributed by atoms with Gasteiger partial charge in [-0.2, -0.15) is 0 Å². The first kappa shape index (κ1) is 45.3. The average Bonchev–Trinajstić information content (AvgIpc) is 3.30. The van der Waals surface area contributed by atoms with E-state index in [2.05, 4.69) is 5.32 Å². The van der Waals surface area contributed by atoms with Gasteiger partial charge in [0.1, 0.15) is 23.4 Å². The number of rotatable bonds is 11. The zero-order valence-electron chi connectivity index (χ0n) is 36.6. The summed E-state index contributed by atoms with van der Waals surface area (Å²) in [5, 5.41) is 41.0. The molecule has 4 aliphatic rings. The average molecular weight is 884 g/mol. The summed E-state index contributed by atoms with van der Waals surface area (Å²) < 4.78 is 24.6. The number of nitrogens with one attached hydrogen (secondary N) is 1. The Balaban J connectivity index is 1.24. The van der Waals surface area contributed by atoms with E-state index >= 15 is 4.79 Å². The molecule has 1 aliphatic heterocycles. The number of amides is 1. The van der Waals surface area contributed by atoms with Gasteiger partial charge in [-0.1, -0.05) is 118 Å². The molecule has 3 fully saturated rings. The highest BCUT2D eigenvalue weighted by atomic mass is 16.6. The lowest BCUT2D eigenvalue weighted by Crippen LogP contribution is -2.78. The van der Waals surface area contributed by atoms with Crippen molar-refractivity contribution in [2.45, 2.75) is 94.7 Å². The minimum atomic E-state index is -2.27. The Labute approximate surface area is 377 Å². The van der Waals surface area contributed by atoms with Gasteiger partial charge < -0.3 is 39.6 Å².